The summed E-state index contributed by atoms with van der Waals surface area (Å²) in [5.41, 5.74) is 0. The van der Waals surface area contributed by atoms with Crippen molar-refractivity contribution < 1.29 is 23.5 Å². The highest BCUT2D eigenvalue weighted by atomic mass is 31.2. The average molecular weight is 287 g/mol. The first-order chi connectivity index (χ1) is 8.80. The molecule has 0 aliphatic rings. The molecule has 1 aromatic carbocycles. The molecular weight excluding hydrogens is 269 g/mol. The van der Waals surface area contributed by atoms with E-state index in [1.54, 1.807) is 44.2 Å². The van der Waals surface area contributed by atoms with Crippen molar-refractivity contribution in [2.24, 2.45) is 0 Å². The monoisotopic (exact) mass is 287 g/mol. The zero-order valence-electron chi connectivity index (χ0n) is 11.1. The first kappa shape index (κ1) is 15.7. The van der Waals surface area contributed by atoms with Crippen molar-refractivity contribution in [3.63, 3.8) is 0 Å². The number of hydrogen-bond donors (Lipinski definition) is 2. The topological polar surface area (TPSA) is 84.9 Å². The molecule has 7 heteroatoms. The summed E-state index contributed by atoms with van der Waals surface area (Å²) in [6.07, 6.45) is -0.287. The van der Waals surface area contributed by atoms with E-state index in [4.69, 9.17) is 9.26 Å². The molecule has 0 fully saturated rings. The van der Waals surface area contributed by atoms with E-state index in [2.05, 4.69) is 5.09 Å². The minimum absolute atomic E-state index is 0.241. The first-order valence-corrected chi connectivity index (χ1v) is 7.43. The fraction of sp³-hybridized carbons (Fsp3) is 0.417. The molecule has 1 aromatic rings. The normalized spacial score (nSPS) is 15.6. The molecule has 0 saturated carbocycles. The molecule has 0 amide bonds. The Morgan fingerprint density at radius 1 is 1.26 bits per heavy atom. The minimum Gasteiger partial charge on any atom is -0.462 e. The van der Waals surface area contributed by atoms with Crippen LogP contribution in [-0.4, -0.2) is 23.0 Å². The quantitative estimate of drug-likeness (QED) is 0.615. The number of ether oxygens (including phenoxy) is 1. The van der Waals surface area contributed by atoms with Gasteiger partial charge in [0.05, 0.1) is 6.10 Å². The second-order valence-corrected chi connectivity index (χ2v) is 5.74. The highest BCUT2D eigenvalue weighted by Gasteiger charge is 2.28. The molecule has 6 nitrogen and oxygen atoms in total. The van der Waals surface area contributed by atoms with Crippen molar-refractivity contribution >= 4 is 13.7 Å². The van der Waals surface area contributed by atoms with Crippen LogP contribution in [0.25, 0.3) is 0 Å². The smallest absolute Gasteiger partial charge is 0.456 e. The van der Waals surface area contributed by atoms with E-state index < -0.39 is 19.8 Å². The number of para-hydroxylation sites is 1. The summed E-state index contributed by atoms with van der Waals surface area (Å²) in [7, 11) is -4.12. The Balaban J connectivity index is 2.59. The molecule has 0 aliphatic heterocycles. The van der Waals surface area contributed by atoms with Crippen molar-refractivity contribution in [2.75, 3.05) is 0 Å². The van der Waals surface area contributed by atoms with Crippen LogP contribution < -0.4 is 9.61 Å². The predicted octanol–water partition coefficient (Wildman–Crippen LogP) is 2.10. The molecule has 19 heavy (non-hydrogen) atoms. The standard InChI is InChI=1S/C12H18NO5P/c1-9(2)17-12(14)10(3)13-19(15,16)18-11-7-5-4-6-8-11/h4-10H,1-3H3,(H2,13,15,16). The molecule has 0 saturated heterocycles. The molecule has 0 aliphatic carbocycles. The van der Waals surface area contributed by atoms with Gasteiger partial charge in [0, 0.05) is 0 Å². The third-order valence-electron chi connectivity index (χ3n) is 2.03. The van der Waals surface area contributed by atoms with Gasteiger partial charge in [0.25, 0.3) is 0 Å². The number of nitrogens with one attached hydrogen (secondary N) is 1. The summed E-state index contributed by atoms with van der Waals surface area (Å²) in [5.74, 6) is -0.369. The summed E-state index contributed by atoms with van der Waals surface area (Å²) >= 11 is 0. The number of carbonyl (C=O) groups is 1. The van der Waals surface area contributed by atoms with E-state index in [0.29, 0.717) is 0 Å². The molecule has 0 radical (unpaired) electrons. The summed E-state index contributed by atoms with van der Waals surface area (Å²) in [4.78, 5) is 21.1. The summed E-state index contributed by atoms with van der Waals surface area (Å²) in [5, 5.41) is 2.22. The van der Waals surface area contributed by atoms with Crippen LogP contribution in [0.3, 0.4) is 0 Å². The molecule has 0 heterocycles. The zero-order valence-corrected chi connectivity index (χ0v) is 12.0. The largest absolute Gasteiger partial charge is 0.462 e. The number of esters is 1. The van der Waals surface area contributed by atoms with Crippen molar-refractivity contribution in [3.8, 4) is 5.75 Å². The van der Waals surface area contributed by atoms with Gasteiger partial charge in [0.15, 0.2) is 0 Å². The molecule has 2 N–H and O–H groups in total. The van der Waals surface area contributed by atoms with Crippen molar-refractivity contribution in [1.82, 2.24) is 5.09 Å². The van der Waals surface area contributed by atoms with Crippen molar-refractivity contribution in [2.45, 2.75) is 32.9 Å². The van der Waals surface area contributed by atoms with E-state index in [1.165, 1.54) is 6.92 Å². The lowest BCUT2D eigenvalue weighted by Crippen LogP contribution is -2.35. The second kappa shape index (κ2) is 6.70. The maximum atomic E-state index is 11.8. The number of hydrogen-bond acceptors (Lipinski definition) is 4. The van der Waals surface area contributed by atoms with Gasteiger partial charge in [-0.05, 0) is 32.9 Å². The lowest BCUT2D eigenvalue weighted by Gasteiger charge is -2.19. The van der Waals surface area contributed by atoms with E-state index in [0.717, 1.165) is 0 Å². The van der Waals surface area contributed by atoms with Gasteiger partial charge in [-0.1, -0.05) is 18.2 Å². The van der Waals surface area contributed by atoms with Crippen LogP contribution in [0.5, 0.6) is 5.75 Å². The fourth-order valence-corrected chi connectivity index (χ4v) is 2.34. The number of rotatable bonds is 6. The third kappa shape index (κ3) is 5.87. The van der Waals surface area contributed by atoms with Crippen LogP contribution in [0.4, 0.5) is 0 Å². The van der Waals surface area contributed by atoms with Gasteiger partial charge in [0.1, 0.15) is 11.8 Å². The number of carbonyl (C=O) groups excluding carboxylic acids is 1. The van der Waals surface area contributed by atoms with Gasteiger partial charge in [-0.25, -0.2) is 4.57 Å². The third-order valence-corrected chi connectivity index (χ3v) is 3.21. The predicted molar refractivity (Wildman–Crippen MR) is 70.7 cm³/mol. The lowest BCUT2D eigenvalue weighted by molar-refractivity contribution is -0.149. The van der Waals surface area contributed by atoms with E-state index in [-0.39, 0.29) is 11.9 Å². The summed E-state index contributed by atoms with van der Waals surface area (Å²) in [6, 6.07) is 7.24. The van der Waals surface area contributed by atoms with Gasteiger partial charge in [-0.2, -0.15) is 5.09 Å². The van der Waals surface area contributed by atoms with E-state index >= 15 is 0 Å². The van der Waals surface area contributed by atoms with Gasteiger partial charge < -0.3 is 14.2 Å². The maximum Gasteiger partial charge on any atom is 0.456 e. The molecule has 2 unspecified atom stereocenters. The van der Waals surface area contributed by atoms with Crippen molar-refractivity contribution in [3.05, 3.63) is 30.3 Å². The second-order valence-electron chi connectivity index (χ2n) is 4.26. The Kier molecular flexibility index (Phi) is 5.54. The van der Waals surface area contributed by atoms with Crippen LogP contribution in [0.1, 0.15) is 20.8 Å². The van der Waals surface area contributed by atoms with Gasteiger partial charge in [0.2, 0.25) is 0 Å². The first-order valence-electron chi connectivity index (χ1n) is 5.86. The van der Waals surface area contributed by atoms with Crippen molar-refractivity contribution in [1.29, 1.82) is 0 Å². The molecule has 0 aromatic heterocycles. The highest BCUT2D eigenvalue weighted by Crippen LogP contribution is 2.38. The Hall–Kier alpha value is -1.36. The lowest BCUT2D eigenvalue weighted by atomic mass is 10.3. The van der Waals surface area contributed by atoms with Gasteiger partial charge >= 0.3 is 13.7 Å². The SMILES string of the molecule is CC(C)OC(=O)C(C)NP(=O)(O)Oc1ccccc1. The van der Waals surface area contributed by atoms with Gasteiger partial charge in [-0.15, -0.1) is 0 Å². The Morgan fingerprint density at radius 3 is 2.37 bits per heavy atom. The maximum absolute atomic E-state index is 11.8. The average Bonchev–Trinajstić information content (AvgIpc) is 2.27. The van der Waals surface area contributed by atoms with Crippen LogP contribution in [0.15, 0.2) is 30.3 Å². The Bertz CT molecular complexity index is 462. The molecule has 0 bridgehead atoms. The number of benzene rings is 1. The highest BCUT2D eigenvalue weighted by molar-refractivity contribution is 7.51. The zero-order chi connectivity index (χ0) is 14.5. The van der Waals surface area contributed by atoms with E-state index in [9.17, 15) is 14.3 Å². The van der Waals surface area contributed by atoms with Crippen LogP contribution in [0, 0.1) is 0 Å². The van der Waals surface area contributed by atoms with E-state index in [1.807, 2.05) is 0 Å². The molecule has 106 valence electrons. The fourth-order valence-electron chi connectivity index (χ4n) is 1.28. The molecule has 0 spiro atoms. The Morgan fingerprint density at radius 2 is 1.84 bits per heavy atom. The van der Waals surface area contributed by atoms with Crippen LogP contribution in [-0.2, 0) is 14.1 Å². The minimum atomic E-state index is -4.12. The van der Waals surface area contributed by atoms with Crippen LogP contribution >= 0.6 is 7.75 Å². The van der Waals surface area contributed by atoms with Gasteiger partial charge in [-0.3, -0.25) is 4.79 Å². The van der Waals surface area contributed by atoms with Crippen LogP contribution in [0.2, 0.25) is 0 Å². The summed E-state index contributed by atoms with van der Waals surface area (Å²) < 4.78 is 21.6. The molecule has 1 rings (SSSR count). The summed E-state index contributed by atoms with van der Waals surface area (Å²) in [6.45, 7) is 4.83. The molecular formula is C12H18NO5P. The Labute approximate surface area is 112 Å². The molecule has 2 atom stereocenters.